The van der Waals surface area contributed by atoms with Crippen molar-refractivity contribution in [1.82, 2.24) is 0 Å². The van der Waals surface area contributed by atoms with E-state index in [2.05, 4.69) is 6.07 Å². The van der Waals surface area contributed by atoms with Gasteiger partial charge in [0.2, 0.25) is 0 Å². The molecule has 5 atom stereocenters. The monoisotopic (exact) mass is 307 g/mol. The van der Waals surface area contributed by atoms with Crippen molar-refractivity contribution in [2.24, 2.45) is 5.92 Å². The van der Waals surface area contributed by atoms with E-state index >= 15 is 0 Å². The Morgan fingerprint density at radius 2 is 2.18 bits per heavy atom. The fourth-order valence-electron chi connectivity index (χ4n) is 3.09. The molecule has 5 nitrogen and oxygen atoms in total. The van der Waals surface area contributed by atoms with Gasteiger partial charge in [-0.2, -0.15) is 5.26 Å². The van der Waals surface area contributed by atoms with Gasteiger partial charge in [0.25, 0.3) is 0 Å². The highest BCUT2D eigenvalue weighted by molar-refractivity contribution is 5.66. The molecule has 1 saturated heterocycles. The number of rotatable bonds is 3. The van der Waals surface area contributed by atoms with Crippen LogP contribution in [0.3, 0.4) is 0 Å². The lowest BCUT2D eigenvalue weighted by Crippen LogP contribution is -2.29. The Bertz CT molecular complexity index is 442. The Balaban J connectivity index is 2.01. The molecule has 0 aliphatic carbocycles. The third-order valence-electron chi connectivity index (χ3n) is 4.21. The molecule has 22 heavy (non-hydrogen) atoms. The Labute approximate surface area is 132 Å². The zero-order valence-corrected chi connectivity index (χ0v) is 13.4. The van der Waals surface area contributed by atoms with Crippen LogP contribution < -0.4 is 0 Å². The summed E-state index contributed by atoms with van der Waals surface area (Å²) in [4.78, 5) is 11.2. The van der Waals surface area contributed by atoms with E-state index in [1.54, 1.807) is 0 Å². The van der Waals surface area contributed by atoms with Gasteiger partial charge in [0, 0.05) is 12.8 Å². The quantitative estimate of drug-likeness (QED) is 0.592. The third-order valence-corrected chi connectivity index (χ3v) is 4.21. The minimum Gasteiger partial charge on any atom is -0.456 e. The standard InChI is InChI=1S/C17H25NO4/c1-12(11-18)10-15-6-5-14-7-8-17(22-14)16(21-13(2)19)4-3-9-20-15/h3-4,12,14-17H,5-10H2,1-2H3. The van der Waals surface area contributed by atoms with Crippen LogP contribution in [0.1, 0.15) is 46.0 Å². The van der Waals surface area contributed by atoms with Crippen molar-refractivity contribution in [3.8, 4) is 6.07 Å². The largest absolute Gasteiger partial charge is 0.456 e. The van der Waals surface area contributed by atoms with Crippen LogP contribution >= 0.6 is 0 Å². The highest BCUT2D eigenvalue weighted by atomic mass is 16.6. The number of nitriles is 1. The van der Waals surface area contributed by atoms with Crippen LogP contribution in [0.5, 0.6) is 0 Å². The number of fused-ring (bicyclic) bond motifs is 2. The second-order valence-corrected chi connectivity index (χ2v) is 6.17. The molecule has 2 aliphatic heterocycles. The molecule has 5 heteroatoms. The molecule has 0 spiro atoms. The van der Waals surface area contributed by atoms with E-state index in [9.17, 15) is 4.79 Å². The molecule has 0 aromatic heterocycles. The second kappa shape index (κ2) is 8.30. The number of esters is 1. The second-order valence-electron chi connectivity index (χ2n) is 6.17. The van der Waals surface area contributed by atoms with E-state index in [1.807, 2.05) is 19.1 Å². The molecule has 2 heterocycles. The van der Waals surface area contributed by atoms with Gasteiger partial charge in [0.1, 0.15) is 6.10 Å². The topological polar surface area (TPSA) is 68.5 Å². The van der Waals surface area contributed by atoms with Crippen LogP contribution in [-0.2, 0) is 19.0 Å². The summed E-state index contributed by atoms with van der Waals surface area (Å²) in [5.41, 5.74) is 0. The van der Waals surface area contributed by atoms with Crippen molar-refractivity contribution in [3.05, 3.63) is 12.2 Å². The van der Waals surface area contributed by atoms with Crippen LogP contribution in [0.25, 0.3) is 0 Å². The first-order valence-corrected chi connectivity index (χ1v) is 8.09. The maximum absolute atomic E-state index is 11.2. The molecule has 2 rings (SSSR count). The van der Waals surface area contributed by atoms with Gasteiger partial charge in [0.15, 0.2) is 0 Å². The maximum atomic E-state index is 11.2. The molecule has 0 saturated carbocycles. The summed E-state index contributed by atoms with van der Waals surface area (Å²) in [6, 6.07) is 2.26. The zero-order chi connectivity index (χ0) is 15.9. The first-order chi connectivity index (χ1) is 10.6. The van der Waals surface area contributed by atoms with Crippen molar-refractivity contribution >= 4 is 5.97 Å². The van der Waals surface area contributed by atoms with E-state index in [-0.39, 0.29) is 36.3 Å². The molecule has 0 aromatic carbocycles. The Morgan fingerprint density at radius 1 is 1.41 bits per heavy atom. The first kappa shape index (κ1) is 17.0. The van der Waals surface area contributed by atoms with Crippen LogP contribution in [0, 0.1) is 17.2 Å². The van der Waals surface area contributed by atoms with Gasteiger partial charge in [-0.3, -0.25) is 4.79 Å². The lowest BCUT2D eigenvalue weighted by Gasteiger charge is -2.21. The minimum absolute atomic E-state index is 0.00912. The summed E-state index contributed by atoms with van der Waals surface area (Å²) >= 11 is 0. The van der Waals surface area contributed by atoms with Crippen molar-refractivity contribution in [3.63, 3.8) is 0 Å². The van der Waals surface area contributed by atoms with Crippen molar-refractivity contribution in [1.29, 1.82) is 5.26 Å². The highest BCUT2D eigenvalue weighted by Gasteiger charge is 2.33. The summed E-state index contributed by atoms with van der Waals surface area (Å²) in [6.45, 7) is 3.81. The Hall–Kier alpha value is -1.38. The van der Waals surface area contributed by atoms with Crippen LogP contribution in [0.15, 0.2) is 12.2 Å². The highest BCUT2D eigenvalue weighted by Crippen LogP contribution is 2.29. The molecule has 0 amide bonds. The van der Waals surface area contributed by atoms with Gasteiger partial charge in [-0.05, 0) is 45.1 Å². The van der Waals surface area contributed by atoms with Gasteiger partial charge in [0.05, 0.1) is 31.0 Å². The van der Waals surface area contributed by atoms with Crippen molar-refractivity contribution < 1.29 is 19.0 Å². The molecule has 2 aliphatic rings. The Kier molecular flexibility index (Phi) is 6.41. The van der Waals surface area contributed by atoms with Crippen molar-refractivity contribution in [2.75, 3.05) is 6.61 Å². The summed E-state index contributed by atoms with van der Waals surface area (Å²) < 4.78 is 17.3. The molecule has 1 fully saturated rings. The summed E-state index contributed by atoms with van der Waals surface area (Å²) in [6.07, 6.45) is 8.09. The smallest absolute Gasteiger partial charge is 0.303 e. The van der Waals surface area contributed by atoms with Crippen LogP contribution in [0.4, 0.5) is 0 Å². The van der Waals surface area contributed by atoms with Gasteiger partial charge in [-0.25, -0.2) is 0 Å². The van der Waals surface area contributed by atoms with E-state index in [0.29, 0.717) is 6.61 Å². The predicted molar refractivity (Wildman–Crippen MR) is 81.0 cm³/mol. The number of nitrogens with zero attached hydrogens (tertiary/aromatic N) is 1. The maximum Gasteiger partial charge on any atom is 0.303 e. The Morgan fingerprint density at radius 3 is 2.91 bits per heavy atom. The summed E-state index contributed by atoms with van der Waals surface area (Å²) in [5.74, 6) is -0.302. The molecule has 0 N–H and O–H groups in total. The molecule has 0 aromatic rings. The van der Waals surface area contributed by atoms with E-state index in [0.717, 1.165) is 32.1 Å². The number of hydrogen-bond acceptors (Lipinski definition) is 5. The van der Waals surface area contributed by atoms with E-state index < -0.39 is 0 Å². The lowest BCUT2D eigenvalue weighted by molar-refractivity contribution is -0.150. The molecule has 0 radical (unpaired) electrons. The van der Waals surface area contributed by atoms with Gasteiger partial charge < -0.3 is 14.2 Å². The predicted octanol–water partition coefficient (Wildman–Crippen LogP) is 2.75. The van der Waals surface area contributed by atoms with Crippen LogP contribution in [0.2, 0.25) is 0 Å². The van der Waals surface area contributed by atoms with E-state index in [1.165, 1.54) is 6.92 Å². The zero-order valence-electron chi connectivity index (χ0n) is 13.4. The first-order valence-electron chi connectivity index (χ1n) is 8.09. The van der Waals surface area contributed by atoms with Gasteiger partial charge in [-0.1, -0.05) is 6.08 Å². The number of carbonyl (C=O) groups excluding carboxylic acids is 1. The normalized spacial score (nSPS) is 33.5. The fourth-order valence-corrected chi connectivity index (χ4v) is 3.09. The molecular weight excluding hydrogens is 282 g/mol. The molecule has 122 valence electrons. The number of hydrogen-bond donors (Lipinski definition) is 0. The molecule has 5 unspecified atom stereocenters. The molecule has 2 bridgehead atoms. The third kappa shape index (κ3) is 5.11. The SMILES string of the molecule is CC(=O)OC1C=CCOC(CC(C)C#N)CCC2CCC1O2. The van der Waals surface area contributed by atoms with Gasteiger partial charge in [-0.15, -0.1) is 0 Å². The minimum atomic E-state index is -0.333. The lowest BCUT2D eigenvalue weighted by atomic mass is 9.99. The average Bonchev–Trinajstić information content (AvgIpc) is 2.93. The molecular formula is C17H25NO4. The van der Waals surface area contributed by atoms with Crippen LogP contribution in [-0.4, -0.2) is 37.0 Å². The average molecular weight is 307 g/mol. The van der Waals surface area contributed by atoms with E-state index in [4.69, 9.17) is 19.5 Å². The fraction of sp³-hybridized carbons (Fsp3) is 0.765. The van der Waals surface area contributed by atoms with Gasteiger partial charge >= 0.3 is 5.97 Å². The summed E-state index contributed by atoms with van der Waals surface area (Å²) in [7, 11) is 0. The summed E-state index contributed by atoms with van der Waals surface area (Å²) in [5, 5.41) is 8.97. The number of ether oxygens (including phenoxy) is 3. The number of carbonyl (C=O) groups is 1. The van der Waals surface area contributed by atoms with Crippen molar-refractivity contribution in [2.45, 2.75) is 70.4 Å².